The minimum atomic E-state index is -0.572. The number of unbranched alkanes of at least 4 members (excludes halogenated alkanes) is 1. The minimum Gasteiger partial charge on any atom is -0.444 e. The molecule has 5 rings (SSSR count). The summed E-state index contributed by atoms with van der Waals surface area (Å²) in [4.78, 5) is 44.2. The molecule has 12 heteroatoms. The number of alkyl carbamates (subject to hydrolysis) is 1. The van der Waals surface area contributed by atoms with Gasteiger partial charge in [-0.05, 0) is 62.4 Å². The number of pyridine rings is 1. The molecule has 4 heterocycles. The predicted octanol–water partition coefficient (Wildman–Crippen LogP) is 4.05. The van der Waals surface area contributed by atoms with E-state index < -0.39 is 11.7 Å². The number of aromatic nitrogens is 5. The van der Waals surface area contributed by atoms with E-state index in [4.69, 9.17) is 9.15 Å². The number of ether oxygens (including phenoxy) is 1. The molecule has 1 aliphatic heterocycles. The molecule has 0 saturated carbocycles. The van der Waals surface area contributed by atoms with E-state index in [9.17, 15) is 14.4 Å². The van der Waals surface area contributed by atoms with Crippen molar-refractivity contribution in [1.29, 1.82) is 0 Å². The molecule has 12 nitrogen and oxygen atoms in total. The molecule has 224 valence electrons. The Labute approximate surface area is 249 Å². The minimum absolute atomic E-state index is 0.0471. The molecule has 2 amide bonds. The van der Waals surface area contributed by atoms with Crippen LogP contribution in [0.3, 0.4) is 0 Å². The van der Waals surface area contributed by atoms with Crippen LogP contribution in [0, 0.1) is 6.92 Å². The topological polar surface area (TPSA) is 145 Å². The third-order valence-electron chi connectivity index (χ3n) is 6.88. The highest BCUT2D eigenvalue weighted by molar-refractivity contribution is 5.79. The first kappa shape index (κ1) is 29.6. The number of nitrogens with zero attached hydrogens (tertiary/aromatic N) is 6. The zero-order valence-corrected chi connectivity index (χ0v) is 24.8. The number of carbonyl (C=O) groups excluding carboxylic acids is 2. The fraction of sp³-hybridized carbons (Fsp3) is 0.387. The predicted molar refractivity (Wildman–Crippen MR) is 158 cm³/mol. The van der Waals surface area contributed by atoms with Crippen LogP contribution in [0.4, 0.5) is 4.79 Å². The first-order chi connectivity index (χ1) is 20.6. The van der Waals surface area contributed by atoms with Crippen molar-refractivity contribution < 1.29 is 18.7 Å². The molecule has 1 N–H and O–H groups in total. The van der Waals surface area contributed by atoms with E-state index in [0.29, 0.717) is 50.6 Å². The lowest BCUT2D eigenvalue weighted by atomic mass is 10.1. The average molecular weight is 586 g/mol. The molecule has 3 aromatic heterocycles. The number of aryl methyl sites for hydroxylation is 2. The monoisotopic (exact) mass is 585 g/mol. The van der Waals surface area contributed by atoms with Gasteiger partial charge in [0.2, 0.25) is 11.8 Å². The maximum atomic E-state index is 13.3. The largest absolute Gasteiger partial charge is 0.444 e. The van der Waals surface area contributed by atoms with Crippen LogP contribution in [0.2, 0.25) is 0 Å². The number of benzene rings is 1. The van der Waals surface area contributed by atoms with E-state index in [1.54, 1.807) is 40.0 Å². The Morgan fingerprint density at radius 3 is 2.51 bits per heavy atom. The van der Waals surface area contributed by atoms with Crippen molar-refractivity contribution in [3.63, 3.8) is 0 Å². The van der Waals surface area contributed by atoms with Gasteiger partial charge in [-0.2, -0.15) is 5.10 Å². The highest BCUT2D eigenvalue weighted by Crippen LogP contribution is 2.24. The van der Waals surface area contributed by atoms with Crippen molar-refractivity contribution in [2.45, 2.75) is 72.2 Å². The van der Waals surface area contributed by atoms with Gasteiger partial charge in [0.05, 0.1) is 12.1 Å². The lowest BCUT2D eigenvalue weighted by Crippen LogP contribution is -2.33. The van der Waals surface area contributed by atoms with Crippen molar-refractivity contribution in [1.82, 2.24) is 35.2 Å². The Kier molecular flexibility index (Phi) is 8.65. The van der Waals surface area contributed by atoms with Crippen LogP contribution >= 0.6 is 0 Å². The summed E-state index contributed by atoms with van der Waals surface area (Å²) in [6, 6.07) is 11.2. The number of carbonyl (C=O) groups is 2. The number of rotatable bonds is 9. The van der Waals surface area contributed by atoms with Gasteiger partial charge in [0.1, 0.15) is 11.2 Å². The van der Waals surface area contributed by atoms with Crippen molar-refractivity contribution in [3.8, 4) is 22.7 Å². The third-order valence-corrected chi connectivity index (χ3v) is 6.88. The molecule has 0 fully saturated rings. The van der Waals surface area contributed by atoms with Crippen LogP contribution in [0.25, 0.3) is 22.7 Å². The second kappa shape index (κ2) is 12.6. The molecule has 1 aliphatic rings. The summed E-state index contributed by atoms with van der Waals surface area (Å²) in [5.41, 5.74) is 3.74. The van der Waals surface area contributed by atoms with Gasteiger partial charge in [-0.15, -0.1) is 10.2 Å². The van der Waals surface area contributed by atoms with Crippen LogP contribution in [-0.2, 0) is 35.6 Å². The summed E-state index contributed by atoms with van der Waals surface area (Å²) in [6.45, 7) is 8.96. The molecular weight excluding hydrogens is 550 g/mol. The zero-order valence-electron chi connectivity index (χ0n) is 24.8. The highest BCUT2D eigenvalue weighted by atomic mass is 16.6. The lowest BCUT2D eigenvalue weighted by Gasteiger charge is -2.19. The van der Waals surface area contributed by atoms with Crippen LogP contribution in [-0.4, -0.2) is 54.0 Å². The quantitative estimate of drug-likeness (QED) is 0.288. The summed E-state index contributed by atoms with van der Waals surface area (Å²) in [5, 5.41) is 15.3. The fourth-order valence-electron chi connectivity index (χ4n) is 4.76. The molecule has 1 aromatic carbocycles. The van der Waals surface area contributed by atoms with E-state index in [0.717, 1.165) is 22.3 Å². The summed E-state index contributed by atoms with van der Waals surface area (Å²) < 4.78 is 12.2. The van der Waals surface area contributed by atoms with Crippen molar-refractivity contribution in [3.05, 3.63) is 81.7 Å². The van der Waals surface area contributed by atoms with Gasteiger partial charge in [-0.25, -0.2) is 9.48 Å². The number of hydrogen-bond acceptors (Lipinski definition) is 9. The van der Waals surface area contributed by atoms with Gasteiger partial charge in [-0.1, -0.05) is 24.3 Å². The van der Waals surface area contributed by atoms with Crippen LogP contribution in [0.5, 0.6) is 0 Å². The molecule has 0 aliphatic carbocycles. The molecular formula is C31H35N7O5. The second-order valence-electron chi connectivity index (χ2n) is 11.5. The molecule has 4 aromatic rings. The summed E-state index contributed by atoms with van der Waals surface area (Å²) in [6.07, 6.45) is 4.57. The van der Waals surface area contributed by atoms with E-state index in [2.05, 4.69) is 25.6 Å². The fourth-order valence-corrected chi connectivity index (χ4v) is 4.76. The highest BCUT2D eigenvalue weighted by Gasteiger charge is 2.23. The van der Waals surface area contributed by atoms with Crippen LogP contribution < -0.4 is 10.9 Å². The molecule has 0 unspecified atom stereocenters. The lowest BCUT2D eigenvalue weighted by molar-refractivity contribution is -0.131. The van der Waals surface area contributed by atoms with Gasteiger partial charge < -0.3 is 19.4 Å². The molecule has 43 heavy (non-hydrogen) atoms. The van der Waals surface area contributed by atoms with Crippen LogP contribution in [0.1, 0.15) is 56.2 Å². The van der Waals surface area contributed by atoms with Crippen molar-refractivity contribution >= 4 is 12.0 Å². The Bertz CT molecular complexity index is 1650. The standard InChI is InChI=1S/C31H35N7O5/c1-20-34-35-28(42-20)25-16-26(36-38(29(25)40)14-6-5-12-33-30(41)43-31(2,3)4)22-9-7-21(8-10-22)15-27(39)37-18-23-11-13-32-17-24(23)19-37/h7-11,13,16-17H,5-6,12,14-15,18-19H2,1-4H3,(H,33,41). The van der Waals surface area contributed by atoms with Crippen LogP contribution in [0.15, 0.2) is 58.0 Å². The third kappa shape index (κ3) is 7.51. The molecule has 0 radical (unpaired) electrons. The van der Waals surface area contributed by atoms with Gasteiger partial charge >= 0.3 is 6.09 Å². The molecule has 0 bridgehead atoms. The average Bonchev–Trinajstić information content (AvgIpc) is 3.59. The Morgan fingerprint density at radius 1 is 1.05 bits per heavy atom. The van der Waals surface area contributed by atoms with Gasteiger partial charge in [-0.3, -0.25) is 14.6 Å². The Balaban J connectivity index is 1.28. The van der Waals surface area contributed by atoms with E-state index >= 15 is 0 Å². The zero-order chi connectivity index (χ0) is 30.6. The maximum absolute atomic E-state index is 13.3. The van der Waals surface area contributed by atoms with Gasteiger partial charge in [0.15, 0.2) is 0 Å². The smallest absolute Gasteiger partial charge is 0.407 e. The maximum Gasteiger partial charge on any atom is 0.407 e. The number of fused-ring (bicyclic) bond motifs is 1. The van der Waals surface area contributed by atoms with Crippen molar-refractivity contribution in [2.24, 2.45) is 0 Å². The summed E-state index contributed by atoms with van der Waals surface area (Å²) in [7, 11) is 0. The first-order valence-corrected chi connectivity index (χ1v) is 14.2. The van der Waals surface area contributed by atoms with E-state index in [1.165, 1.54) is 4.68 Å². The first-order valence-electron chi connectivity index (χ1n) is 14.2. The Hall–Kier alpha value is -4.87. The van der Waals surface area contributed by atoms with Gasteiger partial charge in [0, 0.05) is 51.1 Å². The SMILES string of the molecule is Cc1nnc(-c2cc(-c3ccc(CC(=O)N4Cc5ccncc5C4)cc3)nn(CCCCNC(=O)OC(C)(C)C)c2=O)o1. The molecule has 0 spiro atoms. The summed E-state index contributed by atoms with van der Waals surface area (Å²) >= 11 is 0. The summed E-state index contributed by atoms with van der Waals surface area (Å²) in [5.74, 6) is 0.514. The van der Waals surface area contributed by atoms with E-state index in [-0.39, 0.29) is 29.3 Å². The van der Waals surface area contributed by atoms with Gasteiger partial charge in [0.25, 0.3) is 11.4 Å². The molecule has 0 atom stereocenters. The number of nitrogens with one attached hydrogen (secondary N) is 1. The number of hydrogen-bond donors (Lipinski definition) is 1. The Morgan fingerprint density at radius 2 is 1.81 bits per heavy atom. The second-order valence-corrected chi connectivity index (χ2v) is 11.5. The van der Waals surface area contributed by atoms with Crippen molar-refractivity contribution in [2.75, 3.05) is 6.54 Å². The number of amides is 2. The van der Waals surface area contributed by atoms with E-state index in [1.807, 2.05) is 41.4 Å². The normalized spacial score (nSPS) is 12.7. The molecule has 0 saturated heterocycles.